The molecule has 3 aliphatic rings. The maximum absolute atomic E-state index is 9.63. The molecule has 0 heterocycles. The van der Waals surface area contributed by atoms with Crippen LogP contribution in [0.15, 0.2) is 12.2 Å². The van der Waals surface area contributed by atoms with E-state index in [9.17, 15) is 5.11 Å². The predicted octanol–water partition coefficient (Wildman–Crippen LogP) is 1.58. The lowest BCUT2D eigenvalue weighted by Gasteiger charge is -2.26. The van der Waals surface area contributed by atoms with Crippen molar-refractivity contribution in [2.24, 2.45) is 23.7 Å². The molecule has 0 spiro atoms. The normalized spacial score (nSPS) is 58.8. The predicted molar refractivity (Wildman–Crippen MR) is 43.0 cm³/mol. The van der Waals surface area contributed by atoms with Crippen molar-refractivity contribution in [3.63, 3.8) is 0 Å². The molecule has 1 heteroatoms. The van der Waals surface area contributed by atoms with Crippen molar-refractivity contribution in [2.45, 2.75) is 25.4 Å². The third kappa shape index (κ3) is 0.652. The van der Waals surface area contributed by atoms with Crippen LogP contribution in [0.2, 0.25) is 0 Å². The molecule has 1 nitrogen and oxygen atoms in total. The molecule has 5 atom stereocenters. The number of hydrogen-bond acceptors (Lipinski definition) is 1. The Bertz CT molecular complexity index is 209. The van der Waals surface area contributed by atoms with Crippen LogP contribution in [0, 0.1) is 23.7 Å². The van der Waals surface area contributed by atoms with E-state index in [2.05, 4.69) is 6.08 Å². The third-order valence-corrected chi connectivity index (χ3v) is 3.97. The molecule has 0 amide bonds. The molecule has 2 fully saturated rings. The van der Waals surface area contributed by atoms with Gasteiger partial charge in [-0.1, -0.05) is 12.2 Å². The Kier molecular flexibility index (Phi) is 1.07. The van der Waals surface area contributed by atoms with Gasteiger partial charge in [-0.05, 0) is 42.9 Å². The van der Waals surface area contributed by atoms with Crippen LogP contribution >= 0.6 is 0 Å². The average Bonchev–Trinajstić information content (AvgIpc) is 2.60. The van der Waals surface area contributed by atoms with Gasteiger partial charge in [-0.25, -0.2) is 0 Å². The molecule has 1 N–H and O–H groups in total. The molecule has 0 aromatic carbocycles. The zero-order chi connectivity index (χ0) is 7.42. The standard InChI is InChI=1S/C10H14O/c11-9-4-3-8-6-1-2-7(5-6)10(8)9/h3-4,6-11H,1-2,5H2/t6-,7-,8+,9-,10+/m0/s1. The van der Waals surface area contributed by atoms with Crippen molar-refractivity contribution >= 4 is 0 Å². The summed E-state index contributed by atoms with van der Waals surface area (Å²) in [6.45, 7) is 0. The Morgan fingerprint density at radius 3 is 2.73 bits per heavy atom. The third-order valence-electron chi connectivity index (χ3n) is 3.97. The molecule has 3 aliphatic carbocycles. The summed E-state index contributed by atoms with van der Waals surface area (Å²) in [6, 6.07) is 0. The topological polar surface area (TPSA) is 20.2 Å². The number of aliphatic hydroxyl groups excluding tert-OH is 1. The SMILES string of the molecule is O[C@H]1C=C[C@@H]2[C@H]3CC[C@@H](C3)[C@H]21. The summed E-state index contributed by atoms with van der Waals surface area (Å²) in [5.74, 6) is 3.16. The maximum atomic E-state index is 9.63. The summed E-state index contributed by atoms with van der Waals surface area (Å²) in [4.78, 5) is 0. The van der Waals surface area contributed by atoms with E-state index in [1.165, 1.54) is 19.3 Å². The van der Waals surface area contributed by atoms with E-state index in [1.807, 2.05) is 6.08 Å². The Morgan fingerprint density at radius 1 is 1.09 bits per heavy atom. The first-order chi connectivity index (χ1) is 5.36. The molecular formula is C10H14O. The van der Waals surface area contributed by atoms with Gasteiger partial charge in [0.1, 0.15) is 0 Å². The number of fused-ring (bicyclic) bond motifs is 5. The van der Waals surface area contributed by atoms with Crippen LogP contribution in [-0.4, -0.2) is 11.2 Å². The van der Waals surface area contributed by atoms with E-state index in [0.717, 1.165) is 17.8 Å². The highest BCUT2D eigenvalue weighted by atomic mass is 16.3. The van der Waals surface area contributed by atoms with Crippen molar-refractivity contribution in [1.82, 2.24) is 0 Å². The van der Waals surface area contributed by atoms with Crippen LogP contribution in [0.1, 0.15) is 19.3 Å². The fraction of sp³-hybridized carbons (Fsp3) is 0.800. The minimum absolute atomic E-state index is 0.102. The zero-order valence-electron chi connectivity index (χ0n) is 6.61. The number of hydrogen-bond donors (Lipinski definition) is 1. The minimum Gasteiger partial charge on any atom is -0.389 e. The Balaban J connectivity index is 1.96. The molecule has 0 radical (unpaired) electrons. The number of rotatable bonds is 0. The van der Waals surface area contributed by atoms with Crippen LogP contribution in [0.25, 0.3) is 0 Å². The lowest BCUT2D eigenvalue weighted by atomic mass is 9.80. The van der Waals surface area contributed by atoms with Gasteiger partial charge in [0.05, 0.1) is 6.10 Å². The van der Waals surface area contributed by atoms with Crippen LogP contribution in [0.3, 0.4) is 0 Å². The van der Waals surface area contributed by atoms with Gasteiger partial charge in [-0.15, -0.1) is 0 Å². The van der Waals surface area contributed by atoms with Gasteiger partial charge in [0.25, 0.3) is 0 Å². The molecule has 11 heavy (non-hydrogen) atoms. The van der Waals surface area contributed by atoms with E-state index in [1.54, 1.807) is 0 Å². The first kappa shape index (κ1) is 6.24. The number of aliphatic hydroxyl groups is 1. The first-order valence-corrected chi connectivity index (χ1v) is 4.72. The van der Waals surface area contributed by atoms with Crippen molar-refractivity contribution in [2.75, 3.05) is 0 Å². The zero-order valence-corrected chi connectivity index (χ0v) is 6.61. The molecular weight excluding hydrogens is 136 g/mol. The number of allylic oxidation sites excluding steroid dienone is 1. The summed E-state index contributed by atoms with van der Waals surface area (Å²) < 4.78 is 0. The second kappa shape index (κ2) is 1.89. The lowest BCUT2D eigenvalue weighted by molar-refractivity contribution is 0.105. The molecule has 2 saturated carbocycles. The molecule has 0 aromatic heterocycles. The molecule has 0 saturated heterocycles. The van der Waals surface area contributed by atoms with Gasteiger partial charge in [0.15, 0.2) is 0 Å². The fourth-order valence-corrected chi connectivity index (χ4v) is 3.54. The monoisotopic (exact) mass is 150 g/mol. The lowest BCUT2D eigenvalue weighted by Crippen LogP contribution is -2.25. The van der Waals surface area contributed by atoms with E-state index in [0.29, 0.717) is 5.92 Å². The molecule has 0 aliphatic heterocycles. The Labute approximate surface area is 67.1 Å². The van der Waals surface area contributed by atoms with Gasteiger partial charge in [0.2, 0.25) is 0 Å². The van der Waals surface area contributed by atoms with E-state index in [4.69, 9.17) is 0 Å². The van der Waals surface area contributed by atoms with Gasteiger partial charge in [-0.3, -0.25) is 0 Å². The summed E-state index contributed by atoms with van der Waals surface area (Å²) in [6.07, 6.45) is 8.37. The van der Waals surface area contributed by atoms with Gasteiger partial charge in [0, 0.05) is 0 Å². The van der Waals surface area contributed by atoms with Crippen molar-refractivity contribution in [3.8, 4) is 0 Å². The Hall–Kier alpha value is -0.300. The summed E-state index contributed by atoms with van der Waals surface area (Å²) in [5, 5.41) is 9.63. The van der Waals surface area contributed by atoms with Crippen LogP contribution in [-0.2, 0) is 0 Å². The Morgan fingerprint density at radius 2 is 1.91 bits per heavy atom. The van der Waals surface area contributed by atoms with Crippen LogP contribution in [0.4, 0.5) is 0 Å². The average molecular weight is 150 g/mol. The summed E-state index contributed by atoms with van der Waals surface area (Å²) in [5.41, 5.74) is 0. The minimum atomic E-state index is -0.102. The quantitative estimate of drug-likeness (QED) is 0.520. The smallest absolute Gasteiger partial charge is 0.0757 e. The molecule has 60 valence electrons. The highest BCUT2D eigenvalue weighted by Gasteiger charge is 2.50. The second-order valence-corrected chi connectivity index (χ2v) is 4.36. The molecule has 2 bridgehead atoms. The van der Waals surface area contributed by atoms with E-state index >= 15 is 0 Å². The highest BCUT2D eigenvalue weighted by molar-refractivity contribution is 5.16. The van der Waals surface area contributed by atoms with Gasteiger partial charge < -0.3 is 5.11 Å². The summed E-state index contributed by atoms with van der Waals surface area (Å²) >= 11 is 0. The second-order valence-electron chi connectivity index (χ2n) is 4.36. The van der Waals surface area contributed by atoms with Crippen molar-refractivity contribution in [1.29, 1.82) is 0 Å². The molecule has 0 unspecified atom stereocenters. The van der Waals surface area contributed by atoms with Crippen LogP contribution in [0.5, 0.6) is 0 Å². The van der Waals surface area contributed by atoms with E-state index < -0.39 is 0 Å². The molecule has 3 rings (SSSR count). The largest absolute Gasteiger partial charge is 0.389 e. The van der Waals surface area contributed by atoms with E-state index in [-0.39, 0.29) is 6.10 Å². The summed E-state index contributed by atoms with van der Waals surface area (Å²) in [7, 11) is 0. The molecule has 0 aromatic rings. The fourth-order valence-electron chi connectivity index (χ4n) is 3.54. The first-order valence-electron chi connectivity index (χ1n) is 4.72. The van der Waals surface area contributed by atoms with Crippen molar-refractivity contribution in [3.05, 3.63) is 12.2 Å². The van der Waals surface area contributed by atoms with Crippen molar-refractivity contribution < 1.29 is 5.11 Å². The van der Waals surface area contributed by atoms with Gasteiger partial charge >= 0.3 is 0 Å². The highest BCUT2D eigenvalue weighted by Crippen LogP contribution is 2.56. The maximum Gasteiger partial charge on any atom is 0.0757 e. The van der Waals surface area contributed by atoms with Crippen LogP contribution < -0.4 is 0 Å². The van der Waals surface area contributed by atoms with Gasteiger partial charge in [-0.2, -0.15) is 0 Å².